The lowest BCUT2D eigenvalue weighted by molar-refractivity contribution is -0.137. The molecule has 1 aliphatic rings. The first-order chi connectivity index (χ1) is 6.68. The number of fused-ring (bicyclic) bond motifs is 1. The van der Waals surface area contributed by atoms with Crippen molar-refractivity contribution in [2.45, 2.75) is 19.3 Å². The molecule has 0 fully saturated rings. The van der Waals surface area contributed by atoms with E-state index in [1.165, 1.54) is 0 Å². The van der Waals surface area contributed by atoms with Gasteiger partial charge in [-0.05, 0) is 24.3 Å². The Hall–Kier alpha value is -1.16. The highest BCUT2D eigenvalue weighted by molar-refractivity contribution is 7.10. The van der Waals surface area contributed by atoms with Crippen LogP contribution in [0.15, 0.2) is 11.4 Å². The van der Waals surface area contributed by atoms with Crippen molar-refractivity contribution < 1.29 is 14.7 Å². The summed E-state index contributed by atoms with van der Waals surface area (Å²) in [7, 11) is 0. The topological polar surface area (TPSA) is 54.4 Å². The molecular weight excluding hydrogens is 200 g/mol. The molecule has 1 aromatic heterocycles. The lowest BCUT2D eigenvalue weighted by Crippen LogP contribution is -2.23. The van der Waals surface area contributed by atoms with E-state index in [2.05, 4.69) is 0 Å². The summed E-state index contributed by atoms with van der Waals surface area (Å²) in [6.45, 7) is 0. The molecule has 74 valence electrons. The molecule has 14 heavy (non-hydrogen) atoms. The fourth-order valence-corrected chi connectivity index (χ4v) is 2.72. The monoisotopic (exact) mass is 210 g/mol. The summed E-state index contributed by atoms with van der Waals surface area (Å²) in [4.78, 5) is 23.4. The predicted octanol–water partition coefficient (Wildman–Crippen LogP) is 1.97. The number of ketones is 1. The van der Waals surface area contributed by atoms with E-state index in [1.54, 1.807) is 17.4 Å². The number of aliphatic carboxylic acids is 1. The van der Waals surface area contributed by atoms with Gasteiger partial charge in [-0.15, -0.1) is 11.3 Å². The number of hydrogen-bond donors (Lipinski definition) is 1. The minimum Gasteiger partial charge on any atom is -0.481 e. The maximum absolute atomic E-state index is 11.8. The molecule has 1 atom stereocenters. The number of carbonyl (C=O) groups excluding carboxylic acids is 1. The van der Waals surface area contributed by atoms with Crippen LogP contribution in [0.1, 0.15) is 28.1 Å². The van der Waals surface area contributed by atoms with E-state index >= 15 is 0 Å². The molecule has 0 aromatic carbocycles. The van der Waals surface area contributed by atoms with E-state index in [0.29, 0.717) is 6.42 Å². The average molecular weight is 210 g/mol. The van der Waals surface area contributed by atoms with Crippen LogP contribution in [-0.2, 0) is 11.2 Å². The third-order valence-corrected chi connectivity index (χ3v) is 3.50. The smallest absolute Gasteiger partial charge is 0.304 e. The molecule has 0 radical (unpaired) electrons. The molecular formula is C10H10O3S. The lowest BCUT2D eigenvalue weighted by atomic mass is 9.85. The Kier molecular flexibility index (Phi) is 2.37. The average Bonchev–Trinajstić information content (AvgIpc) is 2.57. The normalized spacial score (nSPS) is 20.6. The van der Waals surface area contributed by atoms with Crippen molar-refractivity contribution in [1.82, 2.24) is 0 Å². The molecule has 3 nitrogen and oxygen atoms in total. The Morgan fingerprint density at radius 3 is 3.14 bits per heavy atom. The Balaban J connectivity index is 2.21. The van der Waals surface area contributed by atoms with E-state index in [-0.39, 0.29) is 18.1 Å². The van der Waals surface area contributed by atoms with Crippen molar-refractivity contribution in [3.63, 3.8) is 0 Å². The quantitative estimate of drug-likeness (QED) is 0.811. The number of aryl methyl sites for hydroxylation is 1. The standard InChI is InChI=1S/C10H10O3S/c11-9(12)5-6-1-2-8-7(10(6)13)3-4-14-8/h3-4,6H,1-2,5H2,(H,11,12). The van der Waals surface area contributed by atoms with Crippen molar-refractivity contribution in [3.05, 3.63) is 21.9 Å². The van der Waals surface area contributed by atoms with Crippen molar-refractivity contribution in [3.8, 4) is 0 Å². The summed E-state index contributed by atoms with van der Waals surface area (Å²) in [5.74, 6) is -1.19. The van der Waals surface area contributed by atoms with Crippen LogP contribution in [0.3, 0.4) is 0 Å². The number of Topliss-reactive ketones (excluding diaryl/α,β-unsaturated/α-hetero) is 1. The number of carbonyl (C=O) groups is 2. The van der Waals surface area contributed by atoms with Crippen molar-refractivity contribution in [1.29, 1.82) is 0 Å². The van der Waals surface area contributed by atoms with Crippen LogP contribution in [-0.4, -0.2) is 16.9 Å². The van der Waals surface area contributed by atoms with Gasteiger partial charge in [0.05, 0.1) is 6.42 Å². The van der Waals surface area contributed by atoms with Gasteiger partial charge in [-0.3, -0.25) is 9.59 Å². The largest absolute Gasteiger partial charge is 0.481 e. The van der Waals surface area contributed by atoms with Gasteiger partial charge in [0.15, 0.2) is 5.78 Å². The Labute approximate surface area is 85.4 Å². The zero-order valence-corrected chi connectivity index (χ0v) is 8.34. The first-order valence-electron chi connectivity index (χ1n) is 4.51. The highest BCUT2D eigenvalue weighted by Crippen LogP contribution is 2.30. The molecule has 1 aromatic rings. The number of carboxylic acids is 1. The van der Waals surface area contributed by atoms with Crippen molar-refractivity contribution >= 4 is 23.1 Å². The van der Waals surface area contributed by atoms with Crippen LogP contribution >= 0.6 is 11.3 Å². The maximum Gasteiger partial charge on any atom is 0.304 e. The first kappa shape index (κ1) is 9.40. The summed E-state index contributed by atoms with van der Waals surface area (Å²) >= 11 is 1.58. The van der Waals surface area contributed by atoms with Crippen molar-refractivity contribution in [2.24, 2.45) is 5.92 Å². The van der Waals surface area contributed by atoms with Crippen molar-refractivity contribution in [2.75, 3.05) is 0 Å². The van der Waals surface area contributed by atoms with E-state index in [0.717, 1.165) is 16.9 Å². The summed E-state index contributed by atoms with van der Waals surface area (Å²) in [6, 6.07) is 1.80. The molecule has 1 unspecified atom stereocenters. The van der Waals surface area contributed by atoms with Gasteiger partial charge in [-0.1, -0.05) is 0 Å². The summed E-state index contributed by atoms with van der Waals surface area (Å²) in [5.41, 5.74) is 0.743. The van der Waals surface area contributed by atoms with E-state index in [1.807, 2.05) is 5.38 Å². The second-order valence-corrected chi connectivity index (χ2v) is 4.46. The van der Waals surface area contributed by atoms with E-state index < -0.39 is 5.97 Å². The first-order valence-corrected chi connectivity index (χ1v) is 5.39. The number of thiophene rings is 1. The lowest BCUT2D eigenvalue weighted by Gasteiger charge is -2.18. The van der Waals surface area contributed by atoms with Crippen LogP contribution < -0.4 is 0 Å². The molecule has 4 heteroatoms. The van der Waals surface area contributed by atoms with Crippen LogP contribution in [0.5, 0.6) is 0 Å². The molecule has 0 bridgehead atoms. The minimum absolute atomic E-state index is 0.00917. The van der Waals surface area contributed by atoms with E-state index in [4.69, 9.17) is 5.11 Å². The molecule has 0 saturated carbocycles. The zero-order chi connectivity index (χ0) is 10.1. The molecule has 0 spiro atoms. The third kappa shape index (κ3) is 1.57. The Bertz CT molecular complexity index is 380. The number of hydrogen-bond acceptors (Lipinski definition) is 3. The molecule has 1 N–H and O–H groups in total. The van der Waals surface area contributed by atoms with Crippen LogP contribution in [0, 0.1) is 5.92 Å². The minimum atomic E-state index is -0.887. The summed E-state index contributed by atoms with van der Waals surface area (Å²) < 4.78 is 0. The second-order valence-electron chi connectivity index (χ2n) is 3.46. The van der Waals surface area contributed by atoms with Gasteiger partial charge in [0.1, 0.15) is 0 Å². The van der Waals surface area contributed by atoms with Gasteiger partial charge in [0, 0.05) is 16.4 Å². The third-order valence-electron chi connectivity index (χ3n) is 2.52. The molecule has 0 saturated heterocycles. The van der Waals surface area contributed by atoms with Gasteiger partial charge < -0.3 is 5.11 Å². The summed E-state index contributed by atoms with van der Waals surface area (Å²) in [5, 5.41) is 10.5. The fraction of sp³-hybridized carbons (Fsp3) is 0.400. The number of rotatable bonds is 2. The maximum atomic E-state index is 11.8. The zero-order valence-electron chi connectivity index (χ0n) is 7.53. The Morgan fingerprint density at radius 2 is 2.43 bits per heavy atom. The molecule has 1 heterocycles. The molecule has 1 aliphatic carbocycles. The highest BCUT2D eigenvalue weighted by atomic mass is 32.1. The van der Waals surface area contributed by atoms with Gasteiger partial charge in [-0.25, -0.2) is 0 Å². The molecule has 2 rings (SSSR count). The highest BCUT2D eigenvalue weighted by Gasteiger charge is 2.29. The molecule has 0 aliphatic heterocycles. The van der Waals surface area contributed by atoms with E-state index in [9.17, 15) is 9.59 Å². The second kappa shape index (κ2) is 3.53. The summed E-state index contributed by atoms with van der Waals surface area (Å²) in [6.07, 6.45) is 1.49. The Morgan fingerprint density at radius 1 is 1.64 bits per heavy atom. The predicted molar refractivity (Wildman–Crippen MR) is 52.7 cm³/mol. The SMILES string of the molecule is O=C(O)CC1CCc2sccc2C1=O. The van der Waals surface area contributed by atoms with Gasteiger partial charge in [-0.2, -0.15) is 0 Å². The molecule has 0 amide bonds. The van der Waals surface area contributed by atoms with Gasteiger partial charge in [0.2, 0.25) is 0 Å². The number of carboxylic acid groups (broad SMARTS) is 1. The van der Waals surface area contributed by atoms with Crippen LogP contribution in [0.25, 0.3) is 0 Å². The van der Waals surface area contributed by atoms with Gasteiger partial charge in [0.25, 0.3) is 0 Å². The van der Waals surface area contributed by atoms with Crippen LogP contribution in [0.2, 0.25) is 0 Å². The fourth-order valence-electron chi connectivity index (χ4n) is 1.82. The van der Waals surface area contributed by atoms with Gasteiger partial charge >= 0.3 is 5.97 Å². The van der Waals surface area contributed by atoms with Crippen LogP contribution in [0.4, 0.5) is 0 Å².